The van der Waals surface area contributed by atoms with Crippen molar-refractivity contribution in [3.63, 3.8) is 0 Å². The number of carbonyl (C=O) groups excluding carboxylic acids is 1. The van der Waals surface area contributed by atoms with E-state index in [1.54, 1.807) is 0 Å². The van der Waals surface area contributed by atoms with Crippen LogP contribution in [0.1, 0.15) is 12.6 Å². The molecule has 78 valence electrons. The van der Waals surface area contributed by atoms with Gasteiger partial charge in [-0.2, -0.15) is 4.52 Å². The lowest BCUT2D eigenvalue weighted by Gasteiger charge is -2.00. The number of H-pyrrole nitrogens is 1. The molecular weight excluding hydrogens is 198 g/mol. The van der Waals surface area contributed by atoms with E-state index in [1.807, 2.05) is 0 Å². The molecular formula is C8H9N5O2. The fraction of sp³-hybridized carbons (Fsp3) is 0.250. The van der Waals surface area contributed by atoms with Gasteiger partial charge in [0, 0.05) is 13.0 Å². The molecule has 7 heteroatoms. The van der Waals surface area contributed by atoms with Crippen LogP contribution in [0.25, 0.3) is 5.78 Å². The van der Waals surface area contributed by atoms with Gasteiger partial charge in [0.15, 0.2) is 0 Å². The van der Waals surface area contributed by atoms with Crippen molar-refractivity contribution in [1.82, 2.24) is 24.9 Å². The van der Waals surface area contributed by atoms with Crippen LogP contribution >= 0.6 is 0 Å². The second kappa shape index (κ2) is 3.52. The van der Waals surface area contributed by atoms with Crippen molar-refractivity contribution < 1.29 is 4.79 Å². The number of hydrogen-bond donors (Lipinski definition) is 2. The maximum Gasteiger partial charge on any atom is 0.274 e. The van der Waals surface area contributed by atoms with E-state index in [0.717, 1.165) is 0 Å². The molecule has 0 aliphatic heterocycles. The van der Waals surface area contributed by atoms with Gasteiger partial charge in [0.2, 0.25) is 5.91 Å². The smallest absolute Gasteiger partial charge is 0.274 e. The lowest BCUT2D eigenvalue weighted by Crippen LogP contribution is -2.23. The normalized spacial score (nSPS) is 10.5. The minimum absolute atomic E-state index is 0.168. The number of aromatic amines is 1. The van der Waals surface area contributed by atoms with E-state index in [2.05, 4.69) is 20.4 Å². The van der Waals surface area contributed by atoms with E-state index >= 15 is 0 Å². The maximum absolute atomic E-state index is 11.4. The average Bonchev–Trinajstić information content (AvgIpc) is 2.63. The second-order valence-electron chi connectivity index (χ2n) is 3.02. The highest BCUT2D eigenvalue weighted by atomic mass is 16.1. The third-order valence-electron chi connectivity index (χ3n) is 1.84. The minimum Gasteiger partial charge on any atom is -0.351 e. The highest BCUT2D eigenvalue weighted by Gasteiger charge is 2.03. The summed E-state index contributed by atoms with van der Waals surface area (Å²) in [5.41, 5.74) is 0.236. The summed E-state index contributed by atoms with van der Waals surface area (Å²) in [4.78, 5) is 30.0. The van der Waals surface area contributed by atoms with Crippen LogP contribution in [0.4, 0.5) is 0 Å². The number of rotatable bonds is 2. The molecule has 2 aromatic rings. The van der Waals surface area contributed by atoms with Gasteiger partial charge < -0.3 is 5.32 Å². The Morgan fingerprint density at radius 3 is 3.20 bits per heavy atom. The molecule has 2 N–H and O–H groups in total. The molecule has 0 unspecified atom stereocenters. The van der Waals surface area contributed by atoms with E-state index in [0.29, 0.717) is 11.5 Å². The van der Waals surface area contributed by atoms with E-state index in [-0.39, 0.29) is 18.0 Å². The molecule has 2 aromatic heterocycles. The summed E-state index contributed by atoms with van der Waals surface area (Å²) in [6.07, 6.45) is 1.38. The molecule has 15 heavy (non-hydrogen) atoms. The molecule has 2 rings (SSSR count). The fourth-order valence-electron chi connectivity index (χ4n) is 1.17. The quantitative estimate of drug-likeness (QED) is 0.664. The second-order valence-corrected chi connectivity index (χ2v) is 3.02. The summed E-state index contributed by atoms with van der Waals surface area (Å²) in [6, 6.07) is 1.35. The lowest BCUT2D eigenvalue weighted by molar-refractivity contribution is -0.119. The standard InChI is InChI=1S/C8H9N5O2/c1-5(14)9-3-6-2-7(15)13-8(12-6)10-4-11-13/h2,4H,3H2,1H3,(H,9,14)(H,10,11,12). The van der Waals surface area contributed by atoms with E-state index in [9.17, 15) is 9.59 Å². The molecule has 0 atom stereocenters. The zero-order valence-corrected chi connectivity index (χ0v) is 8.02. The number of hydrogen-bond acceptors (Lipinski definition) is 4. The molecule has 0 saturated carbocycles. The molecule has 1 amide bonds. The molecule has 0 saturated heterocycles. The first-order valence-corrected chi connectivity index (χ1v) is 4.33. The van der Waals surface area contributed by atoms with Crippen LogP contribution in [-0.4, -0.2) is 25.5 Å². The molecule has 0 aliphatic carbocycles. The zero-order chi connectivity index (χ0) is 10.8. The predicted molar refractivity (Wildman–Crippen MR) is 51.1 cm³/mol. The van der Waals surface area contributed by atoms with Gasteiger partial charge in [-0.1, -0.05) is 0 Å². The Morgan fingerprint density at radius 1 is 1.67 bits per heavy atom. The van der Waals surface area contributed by atoms with Crippen molar-refractivity contribution in [2.75, 3.05) is 0 Å². The van der Waals surface area contributed by atoms with Gasteiger partial charge in [-0.3, -0.25) is 14.7 Å². The topological polar surface area (TPSA) is 92.2 Å². The number of nitrogens with zero attached hydrogens (tertiary/aromatic N) is 3. The fourth-order valence-corrected chi connectivity index (χ4v) is 1.17. The average molecular weight is 207 g/mol. The van der Waals surface area contributed by atoms with Gasteiger partial charge in [-0.15, -0.1) is 0 Å². The van der Waals surface area contributed by atoms with Crippen LogP contribution in [0.5, 0.6) is 0 Å². The predicted octanol–water partition coefficient (Wildman–Crippen LogP) is -0.946. The van der Waals surface area contributed by atoms with E-state index < -0.39 is 0 Å². The molecule has 0 aromatic carbocycles. The molecule has 0 bridgehead atoms. The molecule has 0 radical (unpaired) electrons. The Morgan fingerprint density at radius 2 is 2.47 bits per heavy atom. The molecule has 2 heterocycles. The summed E-state index contributed by atoms with van der Waals surface area (Å²) < 4.78 is 1.22. The van der Waals surface area contributed by atoms with Gasteiger partial charge in [0.25, 0.3) is 11.3 Å². The van der Waals surface area contributed by atoms with Gasteiger partial charge in [-0.05, 0) is 0 Å². The zero-order valence-electron chi connectivity index (χ0n) is 8.02. The van der Waals surface area contributed by atoms with Crippen LogP contribution in [-0.2, 0) is 11.3 Å². The van der Waals surface area contributed by atoms with Crippen LogP contribution < -0.4 is 10.9 Å². The van der Waals surface area contributed by atoms with E-state index in [4.69, 9.17) is 0 Å². The molecule has 7 nitrogen and oxygen atoms in total. The van der Waals surface area contributed by atoms with Crippen LogP contribution in [0.15, 0.2) is 17.2 Å². The van der Waals surface area contributed by atoms with Gasteiger partial charge in [-0.25, -0.2) is 9.97 Å². The third-order valence-corrected chi connectivity index (χ3v) is 1.84. The molecule has 0 spiro atoms. The number of amides is 1. The van der Waals surface area contributed by atoms with Gasteiger partial charge in [0.1, 0.15) is 6.33 Å². The van der Waals surface area contributed by atoms with E-state index in [1.165, 1.54) is 23.8 Å². The third kappa shape index (κ3) is 1.85. The first-order chi connectivity index (χ1) is 7.16. The van der Waals surface area contributed by atoms with Gasteiger partial charge >= 0.3 is 0 Å². The number of aromatic nitrogens is 4. The maximum atomic E-state index is 11.4. The number of fused-ring (bicyclic) bond motifs is 1. The first kappa shape index (κ1) is 9.38. The Kier molecular flexibility index (Phi) is 2.20. The van der Waals surface area contributed by atoms with Crippen molar-refractivity contribution in [1.29, 1.82) is 0 Å². The van der Waals surface area contributed by atoms with Crippen molar-refractivity contribution >= 4 is 11.7 Å². The van der Waals surface area contributed by atoms with Crippen molar-refractivity contribution in [3.05, 3.63) is 28.4 Å². The summed E-state index contributed by atoms with van der Waals surface area (Å²) in [7, 11) is 0. The highest BCUT2D eigenvalue weighted by molar-refractivity contribution is 5.72. The Balaban J connectivity index is 2.36. The van der Waals surface area contributed by atoms with Crippen LogP contribution in [0.2, 0.25) is 0 Å². The minimum atomic E-state index is -0.252. The summed E-state index contributed by atoms with van der Waals surface area (Å²) in [5, 5.41) is 5.18. The van der Waals surface area contributed by atoms with Crippen LogP contribution in [0.3, 0.4) is 0 Å². The number of nitrogens with one attached hydrogen (secondary N) is 2. The monoisotopic (exact) mass is 207 g/mol. The summed E-state index contributed by atoms with van der Waals surface area (Å²) in [5.74, 6) is 0.127. The lowest BCUT2D eigenvalue weighted by atomic mass is 10.4. The Bertz CT molecular complexity index is 555. The largest absolute Gasteiger partial charge is 0.351 e. The molecule has 0 fully saturated rings. The van der Waals surface area contributed by atoms with Crippen molar-refractivity contribution in [2.24, 2.45) is 0 Å². The van der Waals surface area contributed by atoms with Crippen LogP contribution in [0, 0.1) is 0 Å². The molecule has 0 aliphatic rings. The van der Waals surface area contributed by atoms with Crippen molar-refractivity contribution in [2.45, 2.75) is 13.5 Å². The summed E-state index contributed by atoms with van der Waals surface area (Å²) in [6.45, 7) is 1.63. The SMILES string of the molecule is CC(=O)NCc1cc(=O)n2[nH]cnc2n1. The highest BCUT2D eigenvalue weighted by Crippen LogP contribution is 1.93. The summed E-state index contributed by atoms with van der Waals surface area (Å²) >= 11 is 0. The number of carbonyl (C=O) groups is 1. The first-order valence-electron chi connectivity index (χ1n) is 4.33. The van der Waals surface area contributed by atoms with Crippen molar-refractivity contribution in [3.8, 4) is 0 Å². The van der Waals surface area contributed by atoms with Gasteiger partial charge in [0.05, 0.1) is 12.2 Å². The Hall–Kier alpha value is -2.18. The Labute approximate surface area is 84.1 Å².